The van der Waals surface area contributed by atoms with Crippen LogP contribution in [0.15, 0.2) is 0 Å². The Hall–Kier alpha value is -1.01. The second kappa shape index (κ2) is 5.77. The van der Waals surface area contributed by atoms with Gasteiger partial charge in [0.2, 0.25) is 5.91 Å². The van der Waals surface area contributed by atoms with E-state index in [0.717, 1.165) is 25.9 Å². The molecule has 1 rings (SSSR count). The summed E-state index contributed by atoms with van der Waals surface area (Å²) in [6.45, 7) is 5.93. The molecule has 3 nitrogen and oxygen atoms in total. The highest BCUT2D eigenvalue weighted by Crippen LogP contribution is 2.13. The molecule has 1 aliphatic rings. The Balaban J connectivity index is 2.63. The van der Waals surface area contributed by atoms with Crippen LogP contribution in [0.1, 0.15) is 33.1 Å². The fraction of sp³-hybridized carbons (Fsp3) is 0.750. The Labute approximate surface area is 92.2 Å². The van der Waals surface area contributed by atoms with E-state index in [9.17, 15) is 4.79 Å². The van der Waals surface area contributed by atoms with Crippen molar-refractivity contribution in [2.75, 3.05) is 13.1 Å². The fourth-order valence-electron chi connectivity index (χ4n) is 2.00. The number of carbonyl (C=O) groups excluding carboxylic acids is 1. The molecule has 0 bridgehead atoms. The molecule has 1 amide bonds. The Bertz CT molecular complexity index is 257. The first-order valence-corrected chi connectivity index (χ1v) is 5.69. The van der Waals surface area contributed by atoms with Crippen molar-refractivity contribution in [2.45, 2.75) is 45.2 Å². The van der Waals surface area contributed by atoms with Crippen LogP contribution in [0, 0.1) is 12.3 Å². The minimum absolute atomic E-state index is 0.101. The smallest absolute Gasteiger partial charge is 0.234 e. The number of piperazine rings is 1. The molecule has 3 heteroatoms. The Morgan fingerprint density at radius 2 is 2.27 bits per heavy atom. The van der Waals surface area contributed by atoms with E-state index in [1.807, 2.05) is 4.90 Å². The standard InChI is InChI=1S/C12H20N2O/c1-4-7-12(15)14-9-10(5-2)13-8-11(14)6-3/h1,10-11,13H,5-9H2,2-3H3. The van der Waals surface area contributed by atoms with Crippen molar-refractivity contribution in [3.05, 3.63) is 0 Å². The van der Waals surface area contributed by atoms with Crippen molar-refractivity contribution in [1.29, 1.82) is 0 Å². The van der Waals surface area contributed by atoms with Gasteiger partial charge >= 0.3 is 0 Å². The first kappa shape index (κ1) is 12.1. The Kier molecular flexibility index (Phi) is 4.64. The number of amides is 1. The van der Waals surface area contributed by atoms with Crippen molar-refractivity contribution < 1.29 is 4.79 Å². The molecule has 1 aliphatic heterocycles. The van der Waals surface area contributed by atoms with E-state index in [0.29, 0.717) is 12.1 Å². The molecule has 1 N–H and O–H groups in total. The molecule has 1 heterocycles. The zero-order valence-electron chi connectivity index (χ0n) is 9.62. The lowest BCUT2D eigenvalue weighted by Gasteiger charge is -2.39. The summed E-state index contributed by atoms with van der Waals surface area (Å²) >= 11 is 0. The maximum atomic E-state index is 11.8. The number of nitrogens with zero attached hydrogens (tertiary/aromatic N) is 1. The minimum atomic E-state index is 0.101. The average Bonchev–Trinajstić information content (AvgIpc) is 2.28. The number of terminal acetylenes is 1. The molecule has 1 fully saturated rings. The van der Waals surface area contributed by atoms with Gasteiger partial charge in [0.1, 0.15) is 0 Å². The summed E-state index contributed by atoms with van der Waals surface area (Å²) in [7, 11) is 0. The third-order valence-corrected chi connectivity index (χ3v) is 3.04. The number of rotatable bonds is 3. The van der Waals surface area contributed by atoms with Crippen LogP contribution in [0.2, 0.25) is 0 Å². The highest BCUT2D eigenvalue weighted by molar-refractivity contribution is 5.79. The lowest BCUT2D eigenvalue weighted by molar-refractivity contribution is -0.134. The number of carbonyl (C=O) groups is 1. The van der Waals surface area contributed by atoms with E-state index >= 15 is 0 Å². The normalized spacial score (nSPS) is 26.1. The molecule has 0 aromatic rings. The zero-order chi connectivity index (χ0) is 11.3. The maximum absolute atomic E-state index is 11.8. The molecule has 2 atom stereocenters. The summed E-state index contributed by atoms with van der Waals surface area (Å²) in [5, 5.41) is 3.45. The molecule has 2 unspecified atom stereocenters. The van der Waals surface area contributed by atoms with Gasteiger partial charge in [0.05, 0.1) is 6.42 Å². The quantitative estimate of drug-likeness (QED) is 0.702. The van der Waals surface area contributed by atoms with Gasteiger partial charge in [0, 0.05) is 25.2 Å². The second-order valence-corrected chi connectivity index (χ2v) is 4.00. The van der Waals surface area contributed by atoms with Crippen molar-refractivity contribution in [3.63, 3.8) is 0 Å². The maximum Gasteiger partial charge on any atom is 0.234 e. The van der Waals surface area contributed by atoms with Gasteiger partial charge in [0.25, 0.3) is 0 Å². The molecule has 0 aromatic carbocycles. The van der Waals surface area contributed by atoms with Crippen LogP contribution < -0.4 is 5.32 Å². The summed E-state index contributed by atoms with van der Waals surface area (Å²) in [5.74, 6) is 2.53. The Morgan fingerprint density at radius 1 is 1.53 bits per heavy atom. The molecule has 84 valence electrons. The van der Waals surface area contributed by atoms with E-state index in [2.05, 4.69) is 25.1 Å². The fourth-order valence-corrected chi connectivity index (χ4v) is 2.00. The third-order valence-electron chi connectivity index (χ3n) is 3.04. The predicted octanol–water partition coefficient (Wildman–Crippen LogP) is 0.999. The summed E-state index contributed by atoms with van der Waals surface area (Å²) < 4.78 is 0. The van der Waals surface area contributed by atoms with Gasteiger partial charge in [-0.05, 0) is 12.8 Å². The first-order chi connectivity index (χ1) is 7.22. The van der Waals surface area contributed by atoms with Crippen LogP contribution >= 0.6 is 0 Å². The van der Waals surface area contributed by atoms with Gasteiger partial charge in [-0.15, -0.1) is 6.42 Å². The van der Waals surface area contributed by atoms with Crippen molar-refractivity contribution >= 4 is 5.91 Å². The van der Waals surface area contributed by atoms with Gasteiger partial charge in [-0.1, -0.05) is 19.8 Å². The second-order valence-electron chi connectivity index (χ2n) is 4.00. The topological polar surface area (TPSA) is 32.3 Å². The molecular formula is C12H20N2O. The molecule has 0 aromatic heterocycles. The van der Waals surface area contributed by atoms with E-state index in [1.165, 1.54) is 0 Å². The highest BCUT2D eigenvalue weighted by atomic mass is 16.2. The molecule has 0 saturated carbocycles. The van der Waals surface area contributed by atoms with Crippen LogP contribution in [0.5, 0.6) is 0 Å². The van der Waals surface area contributed by atoms with E-state index in [-0.39, 0.29) is 12.3 Å². The van der Waals surface area contributed by atoms with Crippen LogP contribution in [0.25, 0.3) is 0 Å². The average molecular weight is 208 g/mol. The summed E-state index contributed by atoms with van der Waals surface area (Å²) in [5.41, 5.74) is 0. The van der Waals surface area contributed by atoms with Crippen molar-refractivity contribution in [1.82, 2.24) is 10.2 Å². The Morgan fingerprint density at radius 3 is 2.80 bits per heavy atom. The van der Waals surface area contributed by atoms with Crippen LogP contribution in [0.3, 0.4) is 0 Å². The van der Waals surface area contributed by atoms with Crippen molar-refractivity contribution in [2.24, 2.45) is 0 Å². The lowest BCUT2D eigenvalue weighted by Crippen LogP contribution is -2.57. The van der Waals surface area contributed by atoms with Crippen LogP contribution in [0.4, 0.5) is 0 Å². The van der Waals surface area contributed by atoms with Gasteiger partial charge in [-0.2, -0.15) is 0 Å². The van der Waals surface area contributed by atoms with Crippen molar-refractivity contribution in [3.8, 4) is 12.3 Å². The monoisotopic (exact) mass is 208 g/mol. The number of hydrogen-bond acceptors (Lipinski definition) is 2. The van der Waals surface area contributed by atoms with E-state index in [1.54, 1.807) is 0 Å². The predicted molar refractivity (Wildman–Crippen MR) is 61.3 cm³/mol. The number of hydrogen-bond donors (Lipinski definition) is 1. The first-order valence-electron chi connectivity index (χ1n) is 5.69. The molecule has 15 heavy (non-hydrogen) atoms. The van der Waals surface area contributed by atoms with Gasteiger partial charge in [-0.25, -0.2) is 0 Å². The van der Waals surface area contributed by atoms with Gasteiger partial charge in [0.15, 0.2) is 0 Å². The van der Waals surface area contributed by atoms with Crippen LogP contribution in [-0.4, -0.2) is 36.0 Å². The largest absolute Gasteiger partial charge is 0.336 e. The summed E-state index contributed by atoms with van der Waals surface area (Å²) in [4.78, 5) is 13.7. The van der Waals surface area contributed by atoms with E-state index < -0.39 is 0 Å². The van der Waals surface area contributed by atoms with Crippen LogP contribution in [-0.2, 0) is 4.79 Å². The highest BCUT2D eigenvalue weighted by Gasteiger charge is 2.28. The van der Waals surface area contributed by atoms with Gasteiger partial charge in [-0.3, -0.25) is 4.79 Å². The minimum Gasteiger partial charge on any atom is -0.336 e. The molecular weight excluding hydrogens is 188 g/mol. The summed E-state index contributed by atoms with van der Waals surface area (Å²) in [6.07, 6.45) is 7.44. The molecule has 0 radical (unpaired) electrons. The van der Waals surface area contributed by atoms with E-state index in [4.69, 9.17) is 6.42 Å². The lowest BCUT2D eigenvalue weighted by atomic mass is 10.0. The number of nitrogens with one attached hydrogen (secondary N) is 1. The van der Waals surface area contributed by atoms with Gasteiger partial charge < -0.3 is 10.2 Å². The molecule has 0 aliphatic carbocycles. The third kappa shape index (κ3) is 2.97. The SMILES string of the molecule is C#CCC(=O)N1CC(CC)NCC1CC. The summed E-state index contributed by atoms with van der Waals surface area (Å²) in [6, 6.07) is 0.739. The molecule has 0 spiro atoms. The zero-order valence-corrected chi connectivity index (χ0v) is 9.62. The molecule has 1 saturated heterocycles.